The quantitative estimate of drug-likeness (QED) is 0.130. The highest BCUT2D eigenvalue weighted by molar-refractivity contribution is 7.12. The van der Waals surface area contributed by atoms with Gasteiger partial charge in [0.25, 0.3) is 5.91 Å². The lowest BCUT2D eigenvalue weighted by Crippen LogP contribution is -2.23. The number of nitrogens with zero attached hydrogens (tertiary/aromatic N) is 2. The normalized spacial score (nSPS) is 11.4. The zero-order valence-electron chi connectivity index (χ0n) is 23.9. The largest absolute Gasteiger partial charge is 0.351 e. The van der Waals surface area contributed by atoms with Gasteiger partial charge in [-0.2, -0.15) is 0 Å². The second-order valence-electron chi connectivity index (χ2n) is 10.8. The minimum Gasteiger partial charge on any atom is -0.351 e. The first-order valence-corrected chi connectivity index (χ1v) is 16.4. The topological polar surface area (TPSA) is 46.9 Å². The summed E-state index contributed by atoms with van der Waals surface area (Å²) < 4.78 is 2.47. The molecule has 1 amide bonds. The number of imidazole rings is 1. The maximum absolute atomic E-state index is 12.1. The molecule has 0 atom stereocenters. The smallest absolute Gasteiger partial charge is 0.261 e. The fourth-order valence-electron chi connectivity index (χ4n) is 5.31. The molecule has 38 heavy (non-hydrogen) atoms. The van der Waals surface area contributed by atoms with Crippen molar-refractivity contribution in [2.45, 2.75) is 129 Å². The molecule has 0 aliphatic heterocycles. The van der Waals surface area contributed by atoms with E-state index in [4.69, 9.17) is 4.98 Å². The van der Waals surface area contributed by atoms with Crippen molar-refractivity contribution >= 4 is 28.3 Å². The van der Waals surface area contributed by atoms with Crippen molar-refractivity contribution in [2.75, 3.05) is 6.54 Å². The van der Waals surface area contributed by atoms with Crippen molar-refractivity contribution < 1.29 is 4.79 Å². The van der Waals surface area contributed by atoms with Gasteiger partial charge in [-0.25, -0.2) is 4.98 Å². The summed E-state index contributed by atoms with van der Waals surface area (Å²) in [5.41, 5.74) is 2.40. The van der Waals surface area contributed by atoms with Gasteiger partial charge in [-0.3, -0.25) is 4.79 Å². The van der Waals surface area contributed by atoms with Crippen LogP contribution < -0.4 is 5.32 Å². The molecular formula is C33H51N3OS. The van der Waals surface area contributed by atoms with E-state index in [1.807, 2.05) is 17.5 Å². The molecule has 3 aromatic rings. The highest BCUT2D eigenvalue weighted by Crippen LogP contribution is 2.20. The molecule has 0 aliphatic carbocycles. The van der Waals surface area contributed by atoms with Crippen molar-refractivity contribution in [1.29, 1.82) is 0 Å². The number of rotatable bonds is 22. The van der Waals surface area contributed by atoms with E-state index in [2.05, 4.69) is 41.1 Å². The van der Waals surface area contributed by atoms with E-state index >= 15 is 0 Å². The van der Waals surface area contributed by atoms with E-state index in [0.29, 0.717) is 0 Å². The van der Waals surface area contributed by atoms with Crippen LogP contribution in [0.1, 0.15) is 132 Å². The number of unbranched alkanes of at least 4 members (excludes halogenated alkanes) is 15. The van der Waals surface area contributed by atoms with Gasteiger partial charge < -0.3 is 9.88 Å². The number of benzene rings is 1. The molecule has 0 unspecified atom stereocenters. The maximum atomic E-state index is 12.1. The van der Waals surface area contributed by atoms with Gasteiger partial charge in [0.1, 0.15) is 5.82 Å². The first-order valence-electron chi connectivity index (χ1n) is 15.6. The monoisotopic (exact) mass is 537 g/mol. The van der Waals surface area contributed by atoms with E-state index in [0.717, 1.165) is 49.2 Å². The highest BCUT2D eigenvalue weighted by Gasteiger charge is 2.10. The van der Waals surface area contributed by atoms with Crippen molar-refractivity contribution in [3.63, 3.8) is 0 Å². The molecule has 0 radical (unpaired) electrons. The molecule has 210 valence electrons. The molecule has 1 aromatic carbocycles. The lowest BCUT2D eigenvalue weighted by atomic mass is 10.0. The second kappa shape index (κ2) is 19.0. The maximum Gasteiger partial charge on any atom is 0.261 e. The molecule has 0 bridgehead atoms. The van der Waals surface area contributed by atoms with Crippen molar-refractivity contribution in [2.24, 2.45) is 0 Å². The third kappa shape index (κ3) is 11.3. The van der Waals surface area contributed by atoms with Gasteiger partial charge in [0.15, 0.2) is 0 Å². The Labute approximate surface area is 235 Å². The van der Waals surface area contributed by atoms with Crippen LogP contribution in [0.15, 0.2) is 41.8 Å². The Hall–Kier alpha value is -2.14. The molecule has 1 N–H and O–H groups in total. The predicted molar refractivity (Wildman–Crippen MR) is 164 cm³/mol. The number of carbonyl (C=O) groups is 1. The summed E-state index contributed by atoms with van der Waals surface area (Å²) in [7, 11) is 0. The number of para-hydroxylation sites is 2. The Morgan fingerprint density at radius 2 is 1.39 bits per heavy atom. The number of amides is 1. The van der Waals surface area contributed by atoms with E-state index in [-0.39, 0.29) is 5.91 Å². The summed E-state index contributed by atoms with van der Waals surface area (Å²) in [6, 6.07) is 12.4. The average Bonchev–Trinajstić information content (AvgIpc) is 3.59. The average molecular weight is 538 g/mol. The van der Waals surface area contributed by atoms with Crippen molar-refractivity contribution in [3.05, 3.63) is 52.5 Å². The fraction of sp³-hybridized carbons (Fsp3) is 0.636. The highest BCUT2D eigenvalue weighted by atomic mass is 32.1. The number of aryl methyl sites for hydroxylation is 2. The fourth-order valence-corrected chi connectivity index (χ4v) is 5.95. The third-order valence-electron chi connectivity index (χ3n) is 7.58. The lowest BCUT2D eigenvalue weighted by molar-refractivity contribution is 0.0957. The van der Waals surface area contributed by atoms with Gasteiger partial charge in [-0.15, -0.1) is 11.3 Å². The van der Waals surface area contributed by atoms with Gasteiger partial charge >= 0.3 is 0 Å². The Morgan fingerprint density at radius 3 is 2.05 bits per heavy atom. The zero-order valence-corrected chi connectivity index (χ0v) is 24.7. The van der Waals surface area contributed by atoms with Crippen molar-refractivity contribution in [3.8, 4) is 0 Å². The van der Waals surface area contributed by atoms with E-state index in [1.54, 1.807) is 0 Å². The number of fused-ring (bicyclic) bond motifs is 1. The van der Waals surface area contributed by atoms with Gasteiger partial charge in [0.2, 0.25) is 0 Å². The summed E-state index contributed by atoms with van der Waals surface area (Å²) in [5, 5.41) is 4.98. The van der Waals surface area contributed by atoms with Gasteiger partial charge in [0, 0.05) is 19.5 Å². The molecule has 2 aromatic heterocycles. The Kier molecular flexibility index (Phi) is 15.2. The summed E-state index contributed by atoms with van der Waals surface area (Å²) in [4.78, 5) is 17.8. The van der Waals surface area contributed by atoms with Gasteiger partial charge in [-0.1, -0.05) is 115 Å². The van der Waals surface area contributed by atoms with Gasteiger partial charge in [0.05, 0.1) is 15.9 Å². The van der Waals surface area contributed by atoms with E-state index < -0.39 is 0 Å². The van der Waals surface area contributed by atoms with Crippen LogP contribution in [0.5, 0.6) is 0 Å². The molecule has 0 saturated carbocycles. The van der Waals surface area contributed by atoms with Crippen LogP contribution in [0, 0.1) is 0 Å². The number of thiophene rings is 1. The molecular weight excluding hydrogens is 486 g/mol. The number of nitrogens with one attached hydrogen (secondary N) is 1. The molecule has 0 aliphatic rings. The predicted octanol–water partition coefficient (Wildman–Crippen LogP) is 9.72. The van der Waals surface area contributed by atoms with Gasteiger partial charge in [-0.05, 0) is 42.8 Å². The van der Waals surface area contributed by atoms with Crippen LogP contribution >= 0.6 is 11.3 Å². The number of aromatic nitrogens is 2. The Bertz CT molecular complexity index is 1010. The van der Waals surface area contributed by atoms with Crippen LogP contribution in [0.25, 0.3) is 11.0 Å². The molecule has 4 nitrogen and oxygen atoms in total. The van der Waals surface area contributed by atoms with Crippen LogP contribution in [0.4, 0.5) is 0 Å². The number of hydrogen-bond acceptors (Lipinski definition) is 3. The lowest BCUT2D eigenvalue weighted by Gasteiger charge is -2.10. The summed E-state index contributed by atoms with van der Waals surface area (Å²) in [6.45, 7) is 4.11. The first-order chi connectivity index (χ1) is 18.8. The van der Waals surface area contributed by atoms with Crippen LogP contribution in [-0.4, -0.2) is 22.0 Å². The molecule has 0 saturated heterocycles. The molecule has 2 heterocycles. The minimum atomic E-state index is 0.0509. The summed E-state index contributed by atoms with van der Waals surface area (Å²) in [6.07, 6.45) is 23.7. The van der Waals surface area contributed by atoms with Crippen molar-refractivity contribution in [1.82, 2.24) is 14.9 Å². The second-order valence-corrected chi connectivity index (χ2v) is 11.8. The SMILES string of the molecule is CCCCCCCCCCCCCCCCn1c(CCCCCNC(=O)c2cccs2)nc2ccccc21. The standard InChI is InChI=1S/C33H51N3OS/c1-2-3-4-5-6-7-8-9-10-11-12-13-14-20-27-36-30-23-18-17-22-29(30)35-32(36)25-16-15-19-26-34-33(37)31-24-21-28-38-31/h17-18,21-24,28H,2-16,19-20,25-27H2,1H3,(H,34,37). The summed E-state index contributed by atoms with van der Waals surface area (Å²) in [5.74, 6) is 1.28. The zero-order chi connectivity index (χ0) is 26.7. The first kappa shape index (κ1) is 30.4. The van der Waals surface area contributed by atoms with E-state index in [9.17, 15) is 4.79 Å². The minimum absolute atomic E-state index is 0.0509. The molecule has 0 fully saturated rings. The van der Waals surface area contributed by atoms with E-state index in [1.165, 1.54) is 113 Å². The van der Waals surface area contributed by atoms with Crippen LogP contribution in [0.2, 0.25) is 0 Å². The van der Waals surface area contributed by atoms with Crippen LogP contribution in [0.3, 0.4) is 0 Å². The van der Waals surface area contributed by atoms with Crippen LogP contribution in [-0.2, 0) is 13.0 Å². The number of carbonyl (C=O) groups excluding carboxylic acids is 1. The molecule has 0 spiro atoms. The number of hydrogen-bond donors (Lipinski definition) is 1. The molecule has 5 heteroatoms. The third-order valence-corrected chi connectivity index (χ3v) is 8.45. The summed E-state index contributed by atoms with van der Waals surface area (Å²) >= 11 is 1.49. The molecule has 3 rings (SSSR count). The Balaban J connectivity index is 1.27. The Morgan fingerprint density at radius 1 is 0.763 bits per heavy atom.